The zero-order valence-corrected chi connectivity index (χ0v) is 7.90. The van der Waals surface area contributed by atoms with Crippen LogP contribution in [0, 0.1) is 6.92 Å². The van der Waals surface area contributed by atoms with Crippen LogP contribution in [0.25, 0.3) is 0 Å². The minimum absolute atomic E-state index is 0.589. The maximum atomic E-state index is 2.27. The van der Waals surface area contributed by atoms with Crippen LogP contribution in [0.2, 0.25) is 0 Å². The van der Waals surface area contributed by atoms with Gasteiger partial charge in [-0.2, -0.15) is 0 Å². The van der Waals surface area contributed by atoms with E-state index in [1.54, 1.807) is 0 Å². The normalized spacial score (nSPS) is 20.5. The molecule has 0 nitrogen and oxygen atoms in total. The van der Waals surface area contributed by atoms with E-state index in [4.69, 9.17) is 0 Å². The second-order valence-electron chi connectivity index (χ2n) is 3.57. The summed E-state index contributed by atoms with van der Waals surface area (Å²) in [6, 6.07) is 8.82. The monoisotopic (exact) mass is 170 g/mol. The third-order valence-corrected chi connectivity index (χ3v) is 2.49. The number of aryl methyl sites for hydroxylation is 1. The predicted molar refractivity (Wildman–Crippen MR) is 56.8 cm³/mol. The zero-order valence-electron chi connectivity index (χ0n) is 7.90. The lowest BCUT2D eigenvalue weighted by atomic mass is 9.92. The first kappa shape index (κ1) is 8.31. The van der Waals surface area contributed by atoms with Crippen LogP contribution < -0.4 is 0 Å². The molecule has 1 unspecified atom stereocenters. The quantitative estimate of drug-likeness (QED) is 0.604. The first-order chi connectivity index (χ1) is 6.36. The van der Waals surface area contributed by atoms with Gasteiger partial charge in [0.15, 0.2) is 0 Å². The van der Waals surface area contributed by atoms with E-state index in [1.807, 2.05) is 0 Å². The average molecular weight is 170 g/mol. The molecule has 0 aliphatic heterocycles. The summed E-state index contributed by atoms with van der Waals surface area (Å²) in [6.07, 6.45) is 9.88. The number of benzene rings is 1. The van der Waals surface area contributed by atoms with Crippen molar-refractivity contribution in [1.82, 2.24) is 0 Å². The van der Waals surface area contributed by atoms with Crippen molar-refractivity contribution in [2.24, 2.45) is 0 Å². The van der Waals surface area contributed by atoms with Crippen molar-refractivity contribution in [2.45, 2.75) is 19.3 Å². The summed E-state index contributed by atoms with van der Waals surface area (Å²) in [5.41, 5.74) is 2.75. The largest absolute Gasteiger partial charge is 0.0836 e. The molecule has 0 heteroatoms. The molecule has 1 atom stereocenters. The fraction of sp³-hybridized carbons (Fsp3) is 0.231. The molecule has 1 aromatic carbocycles. The number of hydrogen-bond acceptors (Lipinski definition) is 0. The highest BCUT2D eigenvalue weighted by Gasteiger charge is 2.06. The summed E-state index contributed by atoms with van der Waals surface area (Å²) >= 11 is 0. The Morgan fingerprint density at radius 3 is 2.46 bits per heavy atom. The summed E-state index contributed by atoms with van der Waals surface area (Å²) in [7, 11) is 0. The van der Waals surface area contributed by atoms with Crippen molar-refractivity contribution in [1.29, 1.82) is 0 Å². The molecule has 0 fully saturated rings. The standard InChI is InChI=1S/C13H14/c1-11-7-9-13(10-8-11)12-5-3-2-4-6-12/h2-5,7-10,12H,6H2,1H3. The second kappa shape index (κ2) is 3.61. The first-order valence-electron chi connectivity index (χ1n) is 4.76. The maximum absolute atomic E-state index is 2.27. The van der Waals surface area contributed by atoms with Gasteiger partial charge in [-0.3, -0.25) is 0 Å². The molecule has 1 aliphatic rings. The van der Waals surface area contributed by atoms with Gasteiger partial charge in [-0.1, -0.05) is 54.1 Å². The molecule has 66 valence electrons. The minimum atomic E-state index is 0.589. The van der Waals surface area contributed by atoms with Crippen molar-refractivity contribution in [2.75, 3.05) is 0 Å². The van der Waals surface area contributed by atoms with Crippen LogP contribution in [-0.2, 0) is 0 Å². The summed E-state index contributed by atoms with van der Waals surface area (Å²) in [5.74, 6) is 0.589. The molecule has 0 aromatic heterocycles. The van der Waals surface area contributed by atoms with Crippen molar-refractivity contribution in [3.8, 4) is 0 Å². The molecule has 0 saturated carbocycles. The Hall–Kier alpha value is -1.30. The molecule has 1 aliphatic carbocycles. The molecule has 0 radical (unpaired) electrons. The van der Waals surface area contributed by atoms with Crippen LogP contribution in [0.15, 0.2) is 48.6 Å². The van der Waals surface area contributed by atoms with Crippen LogP contribution in [0.1, 0.15) is 23.5 Å². The van der Waals surface area contributed by atoms with Crippen LogP contribution in [0.3, 0.4) is 0 Å². The Labute approximate surface area is 79.6 Å². The van der Waals surface area contributed by atoms with Gasteiger partial charge in [0.1, 0.15) is 0 Å². The molecule has 0 bridgehead atoms. The minimum Gasteiger partial charge on any atom is -0.0836 e. The number of rotatable bonds is 1. The van der Waals surface area contributed by atoms with E-state index in [9.17, 15) is 0 Å². The van der Waals surface area contributed by atoms with Gasteiger partial charge in [0.25, 0.3) is 0 Å². The van der Waals surface area contributed by atoms with Gasteiger partial charge in [-0.25, -0.2) is 0 Å². The highest BCUT2D eigenvalue weighted by molar-refractivity contribution is 5.30. The van der Waals surface area contributed by atoms with E-state index < -0.39 is 0 Å². The van der Waals surface area contributed by atoms with Gasteiger partial charge in [-0.05, 0) is 18.9 Å². The molecule has 0 heterocycles. The van der Waals surface area contributed by atoms with Crippen molar-refractivity contribution < 1.29 is 0 Å². The fourth-order valence-electron chi connectivity index (χ4n) is 1.64. The molecule has 0 amide bonds. The fourth-order valence-corrected chi connectivity index (χ4v) is 1.64. The molecule has 0 spiro atoms. The average Bonchev–Trinajstić information content (AvgIpc) is 2.20. The van der Waals surface area contributed by atoms with Crippen molar-refractivity contribution in [3.05, 3.63) is 59.7 Å². The molecular formula is C13H14. The summed E-state index contributed by atoms with van der Waals surface area (Å²) in [4.78, 5) is 0. The number of allylic oxidation sites excluding steroid dienone is 4. The van der Waals surface area contributed by atoms with Crippen molar-refractivity contribution in [3.63, 3.8) is 0 Å². The Kier molecular flexibility index (Phi) is 2.31. The Morgan fingerprint density at radius 1 is 1.08 bits per heavy atom. The summed E-state index contributed by atoms with van der Waals surface area (Å²) in [5, 5.41) is 0. The van der Waals surface area contributed by atoms with Crippen LogP contribution in [-0.4, -0.2) is 0 Å². The predicted octanol–water partition coefficient (Wildman–Crippen LogP) is 3.59. The molecule has 1 aromatic rings. The second-order valence-corrected chi connectivity index (χ2v) is 3.57. The molecule has 2 rings (SSSR count). The first-order valence-corrected chi connectivity index (χ1v) is 4.76. The lowest BCUT2D eigenvalue weighted by Crippen LogP contribution is -1.95. The molecular weight excluding hydrogens is 156 g/mol. The highest BCUT2D eigenvalue weighted by Crippen LogP contribution is 2.24. The van der Waals surface area contributed by atoms with E-state index in [-0.39, 0.29) is 0 Å². The Balaban J connectivity index is 2.21. The Bertz CT molecular complexity index is 328. The summed E-state index contributed by atoms with van der Waals surface area (Å²) in [6.45, 7) is 2.13. The van der Waals surface area contributed by atoms with E-state index in [0.29, 0.717) is 5.92 Å². The van der Waals surface area contributed by atoms with Crippen LogP contribution >= 0.6 is 0 Å². The topological polar surface area (TPSA) is 0 Å². The van der Waals surface area contributed by atoms with E-state index in [2.05, 4.69) is 55.5 Å². The van der Waals surface area contributed by atoms with Gasteiger partial charge < -0.3 is 0 Å². The lowest BCUT2D eigenvalue weighted by Gasteiger charge is -2.13. The number of hydrogen-bond donors (Lipinski definition) is 0. The third kappa shape index (κ3) is 1.89. The van der Waals surface area contributed by atoms with Gasteiger partial charge in [0, 0.05) is 5.92 Å². The van der Waals surface area contributed by atoms with E-state index in [0.717, 1.165) is 6.42 Å². The zero-order chi connectivity index (χ0) is 9.10. The Morgan fingerprint density at radius 2 is 1.85 bits per heavy atom. The molecule has 13 heavy (non-hydrogen) atoms. The highest BCUT2D eigenvalue weighted by atomic mass is 14.1. The van der Waals surface area contributed by atoms with E-state index in [1.165, 1.54) is 11.1 Å². The van der Waals surface area contributed by atoms with Gasteiger partial charge >= 0.3 is 0 Å². The van der Waals surface area contributed by atoms with Crippen molar-refractivity contribution >= 4 is 0 Å². The third-order valence-electron chi connectivity index (χ3n) is 2.49. The molecule has 0 saturated heterocycles. The summed E-state index contributed by atoms with van der Waals surface area (Å²) < 4.78 is 0. The smallest absolute Gasteiger partial charge is 0.00557 e. The lowest BCUT2D eigenvalue weighted by molar-refractivity contribution is 0.853. The SMILES string of the molecule is Cc1ccc(C2C=CC=CC2)cc1. The van der Waals surface area contributed by atoms with Gasteiger partial charge in [0.2, 0.25) is 0 Å². The van der Waals surface area contributed by atoms with Gasteiger partial charge in [-0.15, -0.1) is 0 Å². The van der Waals surface area contributed by atoms with E-state index >= 15 is 0 Å². The van der Waals surface area contributed by atoms with Crippen LogP contribution in [0.4, 0.5) is 0 Å². The van der Waals surface area contributed by atoms with Gasteiger partial charge in [0.05, 0.1) is 0 Å². The molecule has 0 N–H and O–H groups in total. The maximum Gasteiger partial charge on any atom is 0.00557 e. The van der Waals surface area contributed by atoms with Crippen LogP contribution in [0.5, 0.6) is 0 Å².